The van der Waals surface area contributed by atoms with Crippen molar-refractivity contribution in [2.24, 2.45) is 0 Å². The first-order chi connectivity index (χ1) is 10.4. The van der Waals surface area contributed by atoms with Crippen LogP contribution < -0.4 is 0 Å². The van der Waals surface area contributed by atoms with Crippen LogP contribution in [0.1, 0.15) is 26.3 Å². The Bertz CT molecular complexity index is 652. The Morgan fingerprint density at radius 2 is 1.55 bits per heavy atom. The zero-order valence-corrected chi connectivity index (χ0v) is 13.3. The molecule has 1 fully saturated rings. The first-order valence-electron chi connectivity index (χ1n) is 7.57. The predicted octanol–water partition coefficient (Wildman–Crippen LogP) is 4.10. The Kier molecular flexibility index (Phi) is 3.71. The van der Waals surface area contributed by atoms with Gasteiger partial charge >= 0.3 is 0 Å². The number of phenols is 1. The van der Waals surface area contributed by atoms with E-state index in [0.29, 0.717) is 13.2 Å². The first-order valence-corrected chi connectivity index (χ1v) is 7.57. The van der Waals surface area contributed by atoms with Crippen LogP contribution in [0.15, 0.2) is 48.5 Å². The van der Waals surface area contributed by atoms with Crippen LogP contribution in [0.25, 0.3) is 11.1 Å². The van der Waals surface area contributed by atoms with E-state index in [1.54, 1.807) is 6.07 Å². The highest BCUT2D eigenvalue weighted by Gasteiger charge is 2.39. The summed E-state index contributed by atoms with van der Waals surface area (Å²) in [6.07, 6.45) is 0. The van der Waals surface area contributed by atoms with Gasteiger partial charge in [-0.15, -0.1) is 0 Å². The molecule has 0 aromatic heterocycles. The lowest BCUT2D eigenvalue weighted by atomic mass is 9.79. The average Bonchev–Trinajstić information content (AvgIpc) is 2.51. The molecular formula is C19H22O3. The molecule has 1 saturated heterocycles. The van der Waals surface area contributed by atoms with Crippen LogP contribution in [0, 0.1) is 0 Å². The standard InChI is InChI=1S/C19H22O3/c1-18(2)21-12-19(3,13-22-18)17-11-15(20)9-10-16(17)14-7-5-4-6-8-14/h4-11,20H,12-13H2,1-3H3. The van der Waals surface area contributed by atoms with E-state index >= 15 is 0 Å². The summed E-state index contributed by atoms with van der Waals surface area (Å²) in [7, 11) is 0. The highest BCUT2D eigenvalue weighted by Crippen LogP contribution is 2.39. The Labute approximate surface area is 131 Å². The molecule has 1 aliphatic rings. The molecule has 1 heterocycles. The summed E-state index contributed by atoms with van der Waals surface area (Å²) in [5, 5.41) is 9.95. The van der Waals surface area contributed by atoms with Crippen molar-refractivity contribution in [3.05, 3.63) is 54.1 Å². The predicted molar refractivity (Wildman–Crippen MR) is 86.9 cm³/mol. The maximum absolute atomic E-state index is 9.95. The zero-order chi connectivity index (χ0) is 15.8. The Balaban J connectivity index is 2.05. The number of aromatic hydroxyl groups is 1. The van der Waals surface area contributed by atoms with Gasteiger partial charge in [0, 0.05) is 5.41 Å². The van der Waals surface area contributed by atoms with Gasteiger partial charge in [0.25, 0.3) is 0 Å². The molecule has 0 spiro atoms. The molecule has 1 aliphatic heterocycles. The average molecular weight is 298 g/mol. The highest BCUT2D eigenvalue weighted by atomic mass is 16.7. The Morgan fingerprint density at radius 1 is 0.909 bits per heavy atom. The van der Waals surface area contributed by atoms with Crippen molar-refractivity contribution in [1.29, 1.82) is 0 Å². The Morgan fingerprint density at radius 3 is 2.18 bits per heavy atom. The quantitative estimate of drug-likeness (QED) is 0.907. The molecule has 0 amide bonds. The molecule has 22 heavy (non-hydrogen) atoms. The molecule has 1 N–H and O–H groups in total. The lowest BCUT2D eigenvalue weighted by molar-refractivity contribution is -0.267. The lowest BCUT2D eigenvalue weighted by Gasteiger charge is -2.42. The fourth-order valence-electron chi connectivity index (χ4n) is 2.81. The normalized spacial score (nSPS) is 19.8. The van der Waals surface area contributed by atoms with Crippen LogP contribution in [-0.4, -0.2) is 24.1 Å². The van der Waals surface area contributed by atoms with Gasteiger partial charge in [0.15, 0.2) is 5.79 Å². The fourth-order valence-corrected chi connectivity index (χ4v) is 2.81. The molecule has 0 unspecified atom stereocenters. The van der Waals surface area contributed by atoms with E-state index in [1.165, 1.54) is 0 Å². The van der Waals surface area contributed by atoms with E-state index in [1.807, 2.05) is 44.2 Å². The van der Waals surface area contributed by atoms with Gasteiger partial charge < -0.3 is 14.6 Å². The van der Waals surface area contributed by atoms with Gasteiger partial charge in [-0.25, -0.2) is 0 Å². The van der Waals surface area contributed by atoms with Gasteiger partial charge in [0.05, 0.1) is 13.2 Å². The van der Waals surface area contributed by atoms with E-state index in [9.17, 15) is 5.11 Å². The number of benzene rings is 2. The molecule has 0 radical (unpaired) electrons. The molecule has 2 aromatic carbocycles. The van der Waals surface area contributed by atoms with Crippen LogP contribution in [-0.2, 0) is 14.9 Å². The summed E-state index contributed by atoms with van der Waals surface area (Å²) in [4.78, 5) is 0. The third-order valence-corrected chi connectivity index (χ3v) is 4.21. The summed E-state index contributed by atoms with van der Waals surface area (Å²) in [5.74, 6) is -0.288. The van der Waals surface area contributed by atoms with Gasteiger partial charge in [-0.2, -0.15) is 0 Å². The number of ether oxygens (including phenoxy) is 2. The van der Waals surface area contributed by atoms with E-state index in [0.717, 1.165) is 16.7 Å². The molecule has 0 atom stereocenters. The number of rotatable bonds is 2. The smallest absolute Gasteiger partial charge is 0.162 e. The second kappa shape index (κ2) is 5.41. The maximum Gasteiger partial charge on any atom is 0.162 e. The largest absolute Gasteiger partial charge is 0.508 e. The summed E-state index contributed by atoms with van der Waals surface area (Å²) < 4.78 is 11.7. The van der Waals surface area contributed by atoms with Crippen LogP contribution in [0.5, 0.6) is 5.75 Å². The molecular weight excluding hydrogens is 276 g/mol. The topological polar surface area (TPSA) is 38.7 Å². The number of hydrogen-bond donors (Lipinski definition) is 1. The van der Waals surface area contributed by atoms with Crippen molar-refractivity contribution in [3.63, 3.8) is 0 Å². The van der Waals surface area contributed by atoms with Crippen LogP contribution in [0.4, 0.5) is 0 Å². The lowest BCUT2D eigenvalue weighted by Crippen LogP contribution is -2.47. The maximum atomic E-state index is 9.95. The second-order valence-corrected chi connectivity index (χ2v) is 6.63. The SMILES string of the molecule is CC1(C)OCC(C)(c2cc(O)ccc2-c2ccccc2)CO1. The van der Waals surface area contributed by atoms with Crippen LogP contribution in [0.3, 0.4) is 0 Å². The third-order valence-electron chi connectivity index (χ3n) is 4.21. The van der Waals surface area contributed by atoms with Gasteiger partial charge in [0.1, 0.15) is 5.75 Å². The molecule has 0 bridgehead atoms. The van der Waals surface area contributed by atoms with Crippen molar-refractivity contribution in [3.8, 4) is 16.9 Å². The summed E-state index contributed by atoms with van der Waals surface area (Å²) >= 11 is 0. The molecule has 3 rings (SSSR count). The summed E-state index contributed by atoms with van der Waals surface area (Å²) in [5.41, 5.74) is 2.99. The van der Waals surface area contributed by atoms with Crippen molar-refractivity contribution in [2.45, 2.75) is 32.0 Å². The summed E-state index contributed by atoms with van der Waals surface area (Å²) in [6.45, 7) is 7.08. The van der Waals surface area contributed by atoms with Gasteiger partial charge in [-0.05, 0) is 42.7 Å². The van der Waals surface area contributed by atoms with Crippen LogP contribution >= 0.6 is 0 Å². The zero-order valence-electron chi connectivity index (χ0n) is 13.3. The van der Waals surface area contributed by atoms with E-state index in [4.69, 9.17) is 9.47 Å². The molecule has 0 aliphatic carbocycles. The van der Waals surface area contributed by atoms with E-state index < -0.39 is 5.79 Å². The first kappa shape index (κ1) is 15.1. The van der Waals surface area contributed by atoms with Gasteiger partial charge in [-0.1, -0.05) is 43.3 Å². The molecule has 2 aromatic rings. The van der Waals surface area contributed by atoms with Gasteiger partial charge in [0.2, 0.25) is 0 Å². The minimum atomic E-state index is -0.552. The monoisotopic (exact) mass is 298 g/mol. The van der Waals surface area contributed by atoms with Crippen molar-refractivity contribution < 1.29 is 14.6 Å². The summed E-state index contributed by atoms with van der Waals surface area (Å²) in [6, 6.07) is 15.7. The van der Waals surface area contributed by atoms with E-state index in [-0.39, 0.29) is 11.2 Å². The second-order valence-electron chi connectivity index (χ2n) is 6.63. The molecule has 3 nitrogen and oxygen atoms in total. The fraction of sp³-hybridized carbons (Fsp3) is 0.368. The number of hydrogen-bond acceptors (Lipinski definition) is 3. The minimum absolute atomic E-state index is 0.265. The molecule has 0 saturated carbocycles. The molecule has 3 heteroatoms. The highest BCUT2D eigenvalue weighted by molar-refractivity contribution is 5.70. The van der Waals surface area contributed by atoms with E-state index in [2.05, 4.69) is 19.1 Å². The third kappa shape index (κ3) is 2.87. The van der Waals surface area contributed by atoms with Crippen molar-refractivity contribution in [1.82, 2.24) is 0 Å². The van der Waals surface area contributed by atoms with Crippen molar-refractivity contribution >= 4 is 0 Å². The number of phenolic OH excluding ortho intramolecular Hbond substituents is 1. The van der Waals surface area contributed by atoms with Gasteiger partial charge in [-0.3, -0.25) is 0 Å². The molecule has 116 valence electrons. The van der Waals surface area contributed by atoms with Crippen LogP contribution in [0.2, 0.25) is 0 Å². The van der Waals surface area contributed by atoms with Crippen molar-refractivity contribution in [2.75, 3.05) is 13.2 Å². The minimum Gasteiger partial charge on any atom is -0.508 e. The Hall–Kier alpha value is -1.84.